The topological polar surface area (TPSA) is 60.5 Å². The second kappa shape index (κ2) is 7.06. The van der Waals surface area contributed by atoms with E-state index in [0.29, 0.717) is 24.1 Å². The van der Waals surface area contributed by atoms with E-state index in [-0.39, 0.29) is 18.1 Å². The Bertz CT molecular complexity index is 513. The van der Waals surface area contributed by atoms with Crippen molar-refractivity contribution in [2.45, 2.75) is 51.2 Å². The first-order chi connectivity index (χ1) is 10.6. The van der Waals surface area contributed by atoms with E-state index >= 15 is 0 Å². The number of thiazole rings is 1. The molecule has 2 atom stereocenters. The molecule has 6 heteroatoms. The first-order valence-corrected chi connectivity index (χ1v) is 8.97. The summed E-state index contributed by atoms with van der Waals surface area (Å²) in [5.41, 5.74) is 0.969. The fraction of sp³-hybridized carbons (Fsp3) is 0.750. The molecule has 0 bridgehead atoms. The van der Waals surface area contributed by atoms with E-state index in [1.165, 1.54) is 24.2 Å². The zero-order valence-electron chi connectivity index (χ0n) is 13.2. The van der Waals surface area contributed by atoms with Gasteiger partial charge in [-0.05, 0) is 31.1 Å². The van der Waals surface area contributed by atoms with Crippen molar-refractivity contribution in [3.63, 3.8) is 0 Å². The second-order valence-corrected chi connectivity index (χ2v) is 7.35. The van der Waals surface area contributed by atoms with Gasteiger partial charge < -0.3 is 14.8 Å². The van der Waals surface area contributed by atoms with E-state index < -0.39 is 0 Å². The molecule has 1 saturated heterocycles. The normalized spacial score (nSPS) is 25.4. The summed E-state index contributed by atoms with van der Waals surface area (Å²) in [6, 6.07) is -0.0774. The number of nitrogens with one attached hydrogen (secondary N) is 1. The fourth-order valence-electron chi connectivity index (χ4n) is 2.48. The van der Waals surface area contributed by atoms with Crippen molar-refractivity contribution in [2.75, 3.05) is 19.8 Å². The summed E-state index contributed by atoms with van der Waals surface area (Å²) in [4.78, 5) is 16.8. The lowest BCUT2D eigenvalue weighted by molar-refractivity contribution is -0.0567. The second-order valence-electron chi connectivity index (χ2n) is 6.49. The fourth-order valence-corrected chi connectivity index (χ4v) is 3.36. The van der Waals surface area contributed by atoms with Gasteiger partial charge in [0.1, 0.15) is 0 Å². The average Bonchev–Trinajstić information content (AvgIpc) is 3.19. The molecule has 0 radical (unpaired) electrons. The van der Waals surface area contributed by atoms with Crippen LogP contribution in [0.3, 0.4) is 0 Å². The number of amides is 1. The van der Waals surface area contributed by atoms with Crippen molar-refractivity contribution in [1.29, 1.82) is 0 Å². The molecule has 1 aromatic rings. The summed E-state index contributed by atoms with van der Waals surface area (Å²) in [7, 11) is 0. The van der Waals surface area contributed by atoms with Crippen molar-refractivity contribution >= 4 is 17.2 Å². The third-order valence-corrected chi connectivity index (χ3v) is 5.02. The Morgan fingerprint density at radius 2 is 2.32 bits per heavy atom. The van der Waals surface area contributed by atoms with E-state index in [4.69, 9.17) is 9.47 Å². The molecule has 0 aromatic carbocycles. The minimum absolute atomic E-state index is 0.0582. The smallest absolute Gasteiger partial charge is 0.280 e. The van der Waals surface area contributed by atoms with Crippen LogP contribution in [0.15, 0.2) is 5.38 Å². The summed E-state index contributed by atoms with van der Waals surface area (Å²) in [5, 5.41) is 5.52. The molecule has 2 aliphatic rings. The van der Waals surface area contributed by atoms with Crippen LogP contribution >= 0.6 is 11.3 Å². The van der Waals surface area contributed by atoms with Crippen LogP contribution in [0.4, 0.5) is 0 Å². The summed E-state index contributed by atoms with van der Waals surface area (Å²) in [6.07, 6.45) is 3.45. The number of nitrogens with zero attached hydrogens (tertiary/aromatic N) is 1. The molecule has 3 rings (SSSR count). The Kier molecular flexibility index (Phi) is 5.10. The van der Waals surface area contributed by atoms with Gasteiger partial charge in [-0.25, -0.2) is 4.98 Å². The Morgan fingerprint density at radius 1 is 1.50 bits per heavy atom. The largest absolute Gasteiger partial charge is 0.379 e. The van der Waals surface area contributed by atoms with E-state index in [1.807, 2.05) is 5.38 Å². The predicted octanol–water partition coefficient (Wildman–Crippen LogP) is 2.58. The van der Waals surface area contributed by atoms with Crippen molar-refractivity contribution in [1.82, 2.24) is 10.3 Å². The van der Waals surface area contributed by atoms with E-state index in [9.17, 15) is 4.79 Å². The Morgan fingerprint density at radius 3 is 3.00 bits per heavy atom. The molecule has 2 heterocycles. The van der Waals surface area contributed by atoms with E-state index in [0.717, 1.165) is 24.6 Å². The lowest BCUT2D eigenvalue weighted by Crippen LogP contribution is -2.50. The van der Waals surface area contributed by atoms with Gasteiger partial charge in [0.25, 0.3) is 5.91 Å². The zero-order valence-corrected chi connectivity index (χ0v) is 14.0. The van der Waals surface area contributed by atoms with Gasteiger partial charge in [0.15, 0.2) is 5.01 Å². The highest BCUT2D eigenvalue weighted by atomic mass is 32.1. The molecule has 1 aromatic heterocycles. The number of ether oxygens (including phenoxy) is 2. The average molecular weight is 324 g/mol. The maximum atomic E-state index is 12.4. The number of hydrogen-bond acceptors (Lipinski definition) is 5. The minimum Gasteiger partial charge on any atom is -0.379 e. The van der Waals surface area contributed by atoms with Crippen molar-refractivity contribution in [2.24, 2.45) is 5.92 Å². The summed E-state index contributed by atoms with van der Waals surface area (Å²) >= 11 is 1.40. The number of aromatic nitrogens is 1. The third-order valence-electron chi connectivity index (χ3n) is 4.16. The van der Waals surface area contributed by atoms with Crippen LogP contribution in [-0.4, -0.2) is 42.9 Å². The van der Waals surface area contributed by atoms with Gasteiger partial charge in [-0.15, -0.1) is 11.3 Å². The standard InChI is InChI=1S/C16H24N2O3S/c1-10(2)13-9-22-16(18-13)15(19)17-12-8-20-6-5-14(12)21-7-11-3-4-11/h9-12,14H,3-8H2,1-2H3,(H,17,19)/t12-,14+/m1/s1. The van der Waals surface area contributed by atoms with Crippen LogP contribution in [0.5, 0.6) is 0 Å². The maximum Gasteiger partial charge on any atom is 0.280 e. The minimum atomic E-state index is -0.118. The number of hydrogen-bond donors (Lipinski definition) is 1. The molecule has 1 saturated carbocycles. The summed E-state index contributed by atoms with van der Waals surface area (Å²) < 4.78 is 11.5. The molecular formula is C16H24N2O3S. The lowest BCUT2D eigenvalue weighted by Gasteiger charge is -2.31. The molecule has 122 valence electrons. The third kappa shape index (κ3) is 4.06. The monoisotopic (exact) mass is 324 g/mol. The van der Waals surface area contributed by atoms with E-state index in [2.05, 4.69) is 24.1 Å². The molecule has 1 aliphatic heterocycles. The lowest BCUT2D eigenvalue weighted by atomic mass is 10.1. The highest BCUT2D eigenvalue weighted by molar-refractivity contribution is 7.11. The molecule has 2 fully saturated rings. The first-order valence-electron chi connectivity index (χ1n) is 8.09. The van der Waals surface area contributed by atoms with E-state index in [1.54, 1.807) is 0 Å². The SMILES string of the molecule is CC(C)c1csc(C(=O)N[C@@H]2COCC[C@@H]2OCC2CC2)n1. The highest BCUT2D eigenvalue weighted by Gasteiger charge is 2.31. The van der Waals surface area contributed by atoms with Gasteiger partial charge in [0.2, 0.25) is 0 Å². The molecular weight excluding hydrogens is 300 g/mol. The summed E-state index contributed by atoms with van der Waals surface area (Å²) in [6.45, 7) is 6.19. The van der Waals surface area contributed by atoms with Crippen LogP contribution in [0.25, 0.3) is 0 Å². The maximum absolute atomic E-state index is 12.4. The number of rotatable bonds is 6. The van der Waals surface area contributed by atoms with Crippen LogP contribution in [0.2, 0.25) is 0 Å². The quantitative estimate of drug-likeness (QED) is 0.874. The van der Waals surface area contributed by atoms with Gasteiger partial charge >= 0.3 is 0 Å². The van der Waals surface area contributed by atoms with Crippen LogP contribution in [-0.2, 0) is 9.47 Å². The van der Waals surface area contributed by atoms with Crippen molar-refractivity contribution in [3.8, 4) is 0 Å². The predicted molar refractivity (Wildman–Crippen MR) is 85.4 cm³/mol. The molecule has 1 aliphatic carbocycles. The molecule has 0 unspecified atom stereocenters. The van der Waals surface area contributed by atoms with Crippen LogP contribution < -0.4 is 5.32 Å². The van der Waals surface area contributed by atoms with Crippen molar-refractivity contribution in [3.05, 3.63) is 16.1 Å². The van der Waals surface area contributed by atoms with Crippen LogP contribution in [0, 0.1) is 5.92 Å². The number of carbonyl (C=O) groups excluding carboxylic acids is 1. The molecule has 1 N–H and O–H groups in total. The Balaban J connectivity index is 1.57. The van der Waals surface area contributed by atoms with Gasteiger partial charge in [-0.2, -0.15) is 0 Å². The Labute approximate surface area is 135 Å². The Hall–Kier alpha value is -0.980. The molecule has 5 nitrogen and oxygen atoms in total. The first kappa shape index (κ1) is 15.9. The van der Waals surface area contributed by atoms with Gasteiger partial charge in [0.05, 0.1) is 24.4 Å². The number of carbonyl (C=O) groups is 1. The van der Waals surface area contributed by atoms with Gasteiger partial charge in [0, 0.05) is 18.6 Å². The van der Waals surface area contributed by atoms with Crippen molar-refractivity contribution < 1.29 is 14.3 Å². The molecule has 22 heavy (non-hydrogen) atoms. The van der Waals surface area contributed by atoms with Gasteiger partial charge in [-0.1, -0.05) is 13.8 Å². The highest BCUT2D eigenvalue weighted by Crippen LogP contribution is 2.30. The summed E-state index contributed by atoms with van der Waals surface area (Å²) in [5.74, 6) is 0.949. The zero-order chi connectivity index (χ0) is 15.5. The van der Waals surface area contributed by atoms with Gasteiger partial charge in [-0.3, -0.25) is 4.79 Å². The molecule has 1 amide bonds. The molecule has 0 spiro atoms. The van der Waals surface area contributed by atoms with Crippen LogP contribution in [0.1, 0.15) is 54.5 Å².